The van der Waals surface area contributed by atoms with E-state index in [1.54, 1.807) is 19.9 Å². The van der Waals surface area contributed by atoms with E-state index in [1.807, 2.05) is 37.3 Å². The van der Waals surface area contributed by atoms with Crippen LogP contribution in [0.1, 0.15) is 40.2 Å². The normalized spacial score (nSPS) is 16.2. The van der Waals surface area contributed by atoms with Crippen LogP contribution in [0, 0.1) is 6.92 Å². The summed E-state index contributed by atoms with van der Waals surface area (Å²) in [4.78, 5) is 0.811. The highest BCUT2D eigenvalue weighted by Crippen LogP contribution is 2.37. The quantitative estimate of drug-likeness (QED) is 0.543. The van der Waals surface area contributed by atoms with Crippen molar-refractivity contribution in [2.24, 2.45) is 0 Å². The summed E-state index contributed by atoms with van der Waals surface area (Å²) in [6.07, 6.45) is 3.32. The number of rotatable bonds is 7. The zero-order valence-corrected chi connectivity index (χ0v) is 18.7. The molecule has 0 spiro atoms. The third kappa shape index (κ3) is 7.56. The van der Waals surface area contributed by atoms with Gasteiger partial charge in [0.1, 0.15) is 0 Å². The van der Waals surface area contributed by atoms with Crippen LogP contribution in [-0.4, -0.2) is 35.1 Å². The average molecular weight is 383 g/mol. The van der Waals surface area contributed by atoms with E-state index in [4.69, 9.17) is 4.43 Å². The zero-order valence-electron chi connectivity index (χ0n) is 16.9. The third-order valence-corrected chi connectivity index (χ3v) is 10.5. The molecule has 2 atom stereocenters. The van der Waals surface area contributed by atoms with E-state index in [-0.39, 0.29) is 11.1 Å². The van der Waals surface area contributed by atoms with Crippen molar-refractivity contribution in [3.8, 4) is 0 Å². The molecule has 0 aliphatic heterocycles. The van der Waals surface area contributed by atoms with E-state index in [9.17, 15) is 9.32 Å². The molecule has 0 saturated carbocycles. The standard InChI is InChI=1S/C20H34O3SSi/c1-16-9-11-18(12-10-16)24(22)15-17(13-14-20(5,6)21)23-25(7,8)19(2,3)4/h9-14,17,21H,15H2,1-8H3/b14-13+/t17-,24?/m1/s1. The van der Waals surface area contributed by atoms with Gasteiger partial charge in [-0.3, -0.25) is 4.21 Å². The predicted molar refractivity (Wildman–Crippen MR) is 110 cm³/mol. The minimum Gasteiger partial charge on any atom is -0.410 e. The van der Waals surface area contributed by atoms with Crippen molar-refractivity contribution >= 4 is 19.1 Å². The molecule has 0 aromatic heterocycles. The van der Waals surface area contributed by atoms with Gasteiger partial charge in [-0.05, 0) is 51.0 Å². The van der Waals surface area contributed by atoms with Gasteiger partial charge in [0.2, 0.25) is 0 Å². The van der Waals surface area contributed by atoms with Crippen LogP contribution in [-0.2, 0) is 15.2 Å². The van der Waals surface area contributed by atoms with Crippen molar-refractivity contribution in [1.82, 2.24) is 0 Å². The van der Waals surface area contributed by atoms with Crippen LogP contribution < -0.4 is 0 Å². The molecule has 0 fully saturated rings. The first-order chi connectivity index (χ1) is 11.2. The lowest BCUT2D eigenvalue weighted by molar-refractivity contribution is 0.131. The van der Waals surface area contributed by atoms with Crippen LogP contribution in [0.3, 0.4) is 0 Å². The predicted octanol–water partition coefficient (Wildman–Crippen LogP) is 4.82. The molecular formula is C20H34O3SSi. The Kier molecular flexibility index (Phi) is 7.39. The highest BCUT2D eigenvalue weighted by Gasteiger charge is 2.39. The first kappa shape index (κ1) is 22.3. The monoisotopic (exact) mass is 382 g/mol. The fourth-order valence-corrected chi connectivity index (χ4v) is 4.47. The molecule has 0 bridgehead atoms. The van der Waals surface area contributed by atoms with Gasteiger partial charge in [-0.2, -0.15) is 0 Å². The van der Waals surface area contributed by atoms with Gasteiger partial charge in [-0.1, -0.05) is 50.6 Å². The van der Waals surface area contributed by atoms with E-state index in [0.717, 1.165) is 10.5 Å². The van der Waals surface area contributed by atoms with Crippen molar-refractivity contribution in [2.75, 3.05) is 5.75 Å². The fraction of sp³-hybridized carbons (Fsp3) is 0.600. The van der Waals surface area contributed by atoms with Gasteiger partial charge in [0.05, 0.1) is 28.3 Å². The molecule has 1 aromatic rings. The Bertz CT molecular complexity index is 607. The number of hydrogen-bond donors (Lipinski definition) is 1. The molecule has 0 amide bonds. The molecule has 142 valence electrons. The summed E-state index contributed by atoms with van der Waals surface area (Å²) in [5.41, 5.74) is 0.233. The summed E-state index contributed by atoms with van der Waals surface area (Å²) >= 11 is 0. The van der Waals surface area contributed by atoms with Gasteiger partial charge < -0.3 is 9.53 Å². The van der Waals surface area contributed by atoms with Crippen molar-refractivity contribution in [3.05, 3.63) is 42.0 Å². The summed E-state index contributed by atoms with van der Waals surface area (Å²) in [6, 6.07) is 7.77. The van der Waals surface area contributed by atoms with E-state index in [2.05, 4.69) is 33.9 Å². The highest BCUT2D eigenvalue weighted by atomic mass is 32.2. The first-order valence-corrected chi connectivity index (χ1v) is 13.0. The van der Waals surface area contributed by atoms with E-state index >= 15 is 0 Å². The van der Waals surface area contributed by atoms with Gasteiger partial charge in [-0.25, -0.2) is 0 Å². The topological polar surface area (TPSA) is 46.5 Å². The molecule has 1 unspecified atom stereocenters. The van der Waals surface area contributed by atoms with E-state index in [0.29, 0.717) is 5.75 Å². The Labute approximate surface area is 157 Å². The van der Waals surface area contributed by atoms with Crippen LogP contribution in [0.5, 0.6) is 0 Å². The SMILES string of the molecule is Cc1ccc(S(=O)C[C@@H](/C=C/C(C)(C)O)O[Si](C)(C)C(C)(C)C)cc1. The second-order valence-corrected chi connectivity index (χ2v) is 15.0. The molecular weight excluding hydrogens is 348 g/mol. The van der Waals surface area contributed by atoms with Crippen LogP contribution in [0.4, 0.5) is 0 Å². The van der Waals surface area contributed by atoms with Gasteiger partial charge in [0, 0.05) is 4.90 Å². The van der Waals surface area contributed by atoms with Crippen molar-refractivity contribution in [1.29, 1.82) is 0 Å². The van der Waals surface area contributed by atoms with Crippen molar-refractivity contribution < 1.29 is 13.7 Å². The maximum Gasteiger partial charge on any atom is 0.192 e. The van der Waals surface area contributed by atoms with Gasteiger partial charge in [-0.15, -0.1) is 0 Å². The van der Waals surface area contributed by atoms with Crippen LogP contribution >= 0.6 is 0 Å². The number of aliphatic hydroxyl groups is 1. The first-order valence-electron chi connectivity index (χ1n) is 8.76. The summed E-state index contributed by atoms with van der Waals surface area (Å²) in [6.45, 7) is 16.4. The molecule has 0 aliphatic carbocycles. The molecule has 5 heteroatoms. The van der Waals surface area contributed by atoms with E-state index < -0.39 is 24.7 Å². The zero-order chi connectivity index (χ0) is 19.5. The van der Waals surface area contributed by atoms with Gasteiger partial charge >= 0.3 is 0 Å². The van der Waals surface area contributed by atoms with Crippen LogP contribution in [0.15, 0.2) is 41.3 Å². The largest absolute Gasteiger partial charge is 0.410 e. The molecule has 0 aliphatic rings. The maximum absolute atomic E-state index is 12.8. The Hall–Kier alpha value is -0.753. The Balaban J connectivity index is 3.00. The molecule has 0 saturated heterocycles. The third-order valence-electron chi connectivity index (χ3n) is 4.57. The summed E-state index contributed by atoms with van der Waals surface area (Å²) in [5.74, 6) is 0.391. The number of hydrogen-bond acceptors (Lipinski definition) is 3. The molecule has 0 heterocycles. The minimum absolute atomic E-state index is 0.0686. The van der Waals surface area contributed by atoms with Crippen LogP contribution in [0.25, 0.3) is 0 Å². The van der Waals surface area contributed by atoms with Crippen molar-refractivity contribution in [3.63, 3.8) is 0 Å². The highest BCUT2D eigenvalue weighted by molar-refractivity contribution is 7.85. The summed E-state index contributed by atoms with van der Waals surface area (Å²) in [5, 5.41) is 10.1. The Morgan fingerprint density at radius 2 is 1.68 bits per heavy atom. The molecule has 1 aromatic carbocycles. The average Bonchev–Trinajstić information content (AvgIpc) is 2.43. The molecule has 1 rings (SSSR count). The van der Waals surface area contributed by atoms with Gasteiger partial charge in [0.15, 0.2) is 8.32 Å². The second-order valence-electron chi connectivity index (χ2n) is 8.75. The lowest BCUT2D eigenvalue weighted by Crippen LogP contribution is -2.44. The Morgan fingerprint density at radius 3 is 2.12 bits per heavy atom. The van der Waals surface area contributed by atoms with Crippen molar-refractivity contribution in [2.45, 2.75) is 76.3 Å². The lowest BCUT2D eigenvalue weighted by atomic mass is 10.1. The number of benzene rings is 1. The fourth-order valence-electron chi connectivity index (χ4n) is 1.96. The number of aryl methyl sites for hydroxylation is 1. The summed E-state index contributed by atoms with van der Waals surface area (Å²) < 4.78 is 19.2. The molecule has 25 heavy (non-hydrogen) atoms. The second kappa shape index (κ2) is 8.29. The van der Waals surface area contributed by atoms with Crippen LogP contribution in [0.2, 0.25) is 18.1 Å². The molecule has 3 nitrogen and oxygen atoms in total. The minimum atomic E-state index is -2.01. The molecule has 1 N–H and O–H groups in total. The lowest BCUT2D eigenvalue weighted by Gasteiger charge is -2.38. The Morgan fingerprint density at radius 1 is 1.16 bits per heavy atom. The maximum atomic E-state index is 12.8. The van der Waals surface area contributed by atoms with E-state index in [1.165, 1.54) is 0 Å². The van der Waals surface area contributed by atoms with Gasteiger partial charge in [0.25, 0.3) is 0 Å². The molecule has 0 radical (unpaired) electrons. The smallest absolute Gasteiger partial charge is 0.192 e. The summed E-state index contributed by atoms with van der Waals surface area (Å²) in [7, 11) is -3.16.